The van der Waals surface area contributed by atoms with Gasteiger partial charge in [0.1, 0.15) is 0 Å². The van der Waals surface area contributed by atoms with Gasteiger partial charge in [-0.2, -0.15) is 0 Å². The van der Waals surface area contributed by atoms with E-state index in [4.69, 9.17) is 6.42 Å². The maximum absolute atomic E-state index is 5.16. The zero-order chi connectivity index (χ0) is 7.82. The first kappa shape index (κ1) is 9.56. The summed E-state index contributed by atoms with van der Waals surface area (Å²) >= 11 is 0. The molecule has 0 aromatic rings. The maximum Gasteiger partial charge on any atom is 0.0114 e. The fourth-order valence-electron chi connectivity index (χ4n) is 1.38. The molecule has 0 spiro atoms. The number of terminal acetylenes is 1. The van der Waals surface area contributed by atoms with Crippen LogP contribution in [-0.4, -0.2) is 0 Å². The molecular weight excluding hydrogens is 120 g/mol. The average molecular weight is 138 g/mol. The highest BCUT2D eigenvalue weighted by molar-refractivity contribution is 4.88. The zero-order valence-electron chi connectivity index (χ0n) is 7.19. The maximum atomic E-state index is 5.16. The summed E-state index contributed by atoms with van der Waals surface area (Å²) in [6.07, 6.45) is 11.7. The molecule has 0 unspecified atom stereocenters. The van der Waals surface area contributed by atoms with E-state index in [-0.39, 0.29) is 0 Å². The molecule has 1 fully saturated rings. The molecule has 0 heterocycles. The van der Waals surface area contributed by atoms with Crippen molar-refractivity contribution in [1.82, 2.24) is 0 Å². The predicted octanol–water partition coefficient (Wildman–Crippen LogP) is 3.23. The van der Waals surface area contributed by atoms with Crippen molar-refractivity contribution in [2.45, 2.75) is 46.0 Å². The van der Waals surface area contributed by atoms with Gasteiger partial charge in [0, 0.05) is 6.42 Å². The Labute approximate surface area is 65.0 Å². The summed E-state index contributed by atoms with van der Waals surface area (Å²) < 4.78 is 0. The highest BCUT2D eigenvalue weighted by Gasteiger charge is 2.12. The Morgan fingerprint density at radius 2 is 1.80 bits per heavy atom. The zero-order valence-corrected chi connectivity index (χ0v) is 7.19. The summed E-state index contributed by atoms with van der Waals surface area (Å²) in [7, 11) is 0. The van der Waals surface area contributed by atoms with Crippen LogP contribution in [0.5, 0.6) is 0 Å². The minimum Gasteiger partial charge on any atom is -0.120 e. The molecule has 1 saturated carbocycles. The molecule has 0 aromatic carbocycles. The van der Waals surface area contributed by atoms with Crippen molar-refractivity contribution < 1.29 is 0 Å². The second kappa shape index (κ2) is 6.68. The van der Waals surface area contributed by atoms with E-state index in [2.05, 4.69) is 5.92 Å². The van der Waals surface area contributed by atoms with Crippen LogP contribution in [0.4, 0.5) is 0 Å². The van der Waals surface area contributed by atoms with Crippen molar-refractivity contribution in [3.63, 3.8) is 0 Å². The van der Waals surface area contributed by atoms with Crippen molar-refractivity contribution in [3.8, 4) is 12.3 Å². The van der Waals surface area contributed by atoms with Crippen molar-refractivity contribution in [3.05, 3.63) is 0 Å². The lowest BCUT2D eigenvalue weighted by Gasteiger charge is -1.99. The third-order valence-corrected chi connectivity index (χ3v) is 1.88. The van der Waals surface area contributed by atoms with E-state index in [1.165, 1.54) is 25.7 Å². The molecule has 0 aliphatic heterocycles. The van der Waals surface area contributed by atoms with E-state index in [1.54, 1.807) is 0 Å². The molecule has 10 heavy (non-hydrogen) atoms. The average Bonchev–Trinajstić information content (AvgIpc) is 2.46. The van der Waals surface area contributed by atoms with Crippen LogP contribution < -0.4 is 0 Å². The van der Waals surface area contributed by atoms with Gasteiger partial charge in [-0.05, 0) is 18.8 Å². The molecule has 0 aromatic heterocycles. The molecule has 0 N–H and O–H groups in total. The Morgan fingerprint density at radius 1 is 1.30 bits per heavy atom. The Bertz CT molecular complexity index is 91.1. The Kier molecular flexibility index (Phi) is 6.38. The number of hydrogen-bond donors (Lipinski definition) is 0. The highest BCUT2D eigenvalue weighted by atomic mass is 14.2. The normalized spacial score (nSPS) is 17.3. The SMILES string of the molecule is C#CCC1CCCC1.CC. The van der Waals surface area contributed by atoms with Crippen LogP contribution in [0.25, 0.3) is 0 Å². The highest BCUT2D eigenvalue weighted by Crippen LogP contribution is 2.26. The van der Waals surface area contributed by atoms with Crippen LogP contribution in [-0.2, 0) is 0 Å². The fraction of sp³-hybridized carbons (Fsp3) is 0.800. The largest absolute Gasteiger partial charge is 0.120 e. The van der Waals surface area contributed by atoms with Crippen molar-refractivity contribution in [1.29, 1.82) is 0 Å². The van der Waals surface area contributed by atoms with Crippen LogP contribution in [0.2, 0.25) is 0 Å². The van der Waals surface area contributed by atoms with Gasteiger partial charge in [0.2, 0.25) is 0 Å². The van der Waals surface area contributed by atoms with Gasteiger partial charge in [-0.3, -0.25) is 0 Å². The van der Waals surface area contributed by atoms with Crippen LogP contribution in [0.1, 0.15) is 46.0 Å². The molecule has 0 heteroatoms. The Morgan fingerprint density at radius 3 is 2.20 bits per heavy atom. The minimum absolute atomic E-state index is 0.875. The summed E-state index contributed by atoms with van der Waals surface area (Å²) in [5.41, 5.74) is 0. The second-order valence-corrected chi connectivity index (χ2v) is 2.56. The van der Waals surface area contributed by atoms with Gasteiger partial charge in [0.05, 0.1) is 0 Å². The van der Waals surface area contributed by atoms with Crippen LogP contribution >= 0.6 is 0 Å². The van der Waals surface area contributed by atoms with E-state index < -0.39 is 0 Å². The molecule has 1 aliphatic carbocycles. The van der Waals surface area contributed by atoms with Gasteiger partial charge in [0.15, 0.2) is 0 Å². The molecule has 0 radical (unpaired) electrons. The van der Waals surface area contributed by atoms with E-state index >= 15 is 0 Å². The summed E-state index contributed by atoms with van der Waals surface area (Å²) in [5, 5.41) is 0. The van der Waals surface area contributed by atoms with E-state index in [0.29, 0.717) is 0 Å². The summed E-state index contributed by atoms with van der Waals surface area (Å²) in [6, 6.07) is 0. The standard InChI is InChI=1S/C8H12.C2H6/c1-2-5-8-6-3-4-7-8;1-2/h1,8H,3-7H2;1-2H3. The van der Waals surface area contributed by atoms with Crippen LogP contribution in [0, 0.1) is 18.3 Å². The van der Waals surface area contributed by atoms with Gasteiger partial charge in [-0.25, -0.2) is 0 Å². The first-order valence-electron chi connectivity index (χ1n) is 4.37. The van der Waals surface area contributed by atoms with Crippen molar-refractivity contribution in [2.75, 3.05) is 0 Å². The lowest BCUT2D eigenvalue weighted by molar-refractivity contribution is 0.567. The third kappa shape index (κ3) is 3.56. The topological polar surface area (TPSA) is 0 Å². The van der Waals surface area contributed by atoms with Crippen molar-refractivity contribution in [2.24, 2.45) is 5.92 Å². The van der Waals surface area contributed by atoms with Crippen molar-refractivity contribution >= 4 is 0 Å². The number of rotatable bonds is 1. The molecule has 1 rings (SSSR count). The van der Waals surface area contributed by atoms with Gasteiger partial charge in [-0.1, -0.05) is 26.7 Å². The molecule has 0 amide bonds. The van der Waals surface area contributed by atoms with Gasteiger partial charge in [0.25, 0.3) is 0 Å². The van der Waals surface area contributed by atoms with Gasteiger partial charge in [-0.15, -0.1) is 12.3 Å². The predicted molar refractivity (Wildman–Crippen MR) is 46.8 cm³/mol. The first-order chi connectivity index (χ1) is 4.93. The second-order valence-electron chi connectivity index (χ2n) is 2.56. The lowest BCUT2D eigenvalue weighted by Crippen LogP contribution is -1.88. The van der Waals surface area contributed by atoms with E-state index in [1.807, 2.05) is 13.8 Å². The summed E-state index contributed by atoms with van der Waals surface area (Å²) in [5.74, 6) is 3.58. The summed E-state index contributed by atoms with van der Waals surface area (Å²) in [6.45, 7) is 4.00. The molecule has 58 valence electrons. The molecular formula is C10H18. The monoisotopic (exact) mass is 138 g/mol. The lowest BCUT2D eigenvalue weighted by atomic mass is 10.1. The minimum atomic E-state index is 0.875. The van der Waals surface area contributed by atoms with E-state index in [0.717, 1.165) is 12.3 Å². The molecule has 0 saturated heterocycles. The van der Waals surface area contributed by atoms with Crippen LogP contribution in [0.3, 0.4) is 0 Å². The van der Waals surface area contributed by atoms with Gasteiger partial charge >= 0.3 is 0 Å². The quantitative estimate of drug-likeness (QED) is 0.488. The molecule has 0 bridgehead atoms. The van der Waals surface area contributed by atoms with Gasteiger partial charge < -0.3 is 0 Å². The smallest absolute Gasteiger partial charge is 0.0114 e. The Hall–Kier alpha value is -0.440. The molecule has 0 nitrogen and oxygen atoms in total. The van der Waals surface area contributed by atoms with E-state index in [9.17, 15) is 0 Å². The fourth-order valence-corrected chi connectivity index (χ4v) is 1.38. The number of hydrogen-bond acceptors (Lipinski definition) is 0. The molecule has 0 atom stereocenters. The molecule has 1 aliphatic rings. The third-order valence-electron chi connectivity index (χ3n) is 1.88. The van der Waals surface area contributed by atoms with Crippen LogP contribution in [0.15, 0.2) is 0 Å². The Balaban J connectivity index is 0.000000371. The first-order valence-corrected chi connectivity index (χ1v) is 4.37. The summed E-state index contributed by atoms with van der Waals surface area (Å²) in [4.78, 5) is 0.